The average molecular weight is 787 g/mol. The molecule has 0 spiro atoms. The zero-order chi connectivity index (χ0) is 39.1. The van der Waals surface area contributed by atoms with Gasteiger partial charge in [0.2, 0.25) is 11.5 Å². The largest absolute Gasteiger partial charge is 0.477 e. The second-order valence-electron chi connectivity index (χ2n) is 13.9. The normalized spacial score (nSPS) is 18.7. The molecule has 2 aliphatic rings. The minimum absolute atomic E-state index is 0.0572. The van der Waals surface area contributed by atoms with Gasteiger partial charge >= 0.3 is 17.7 Å². The Morgan fingerprint density at radius 1 is 1.04 bits per heavy atom. The number of fused-ring (bicyclic) bond motifs is 1. The molecule has 296 valence electrons. The molecule has 1 fully saturated rings. The van der Waals surface area contributed by atoms with Gasteiger partial charge in [0.1, 0.15) is 23.7 Å². The standard InChI is InChI=1S/C38H55N7O7S2/c1-5-8-20-26(19-6-2)21-15-12-10-9-11-13-16-22-28(46)52-38(4,44-23-17-14-18-24-44)27-25-53-35-30(34(48)45(35)31(27)36(49)50)40-33(47)29(42-51-7-3)32-41-37(39)54-43-32/h14,17-18,23-24,26,30,35H,5-13,15-16,19-22,25H2,1-4H3,(H3-,39,40,41,43,47,49,50)/p+1/b42-29-/t26?,30?,35-,38?/m1/s1. The number of carbonyl (C=O) groups excluding carboxylic acids is 3. The van der Waals surface area contributed by atoms with Gasteiger partial charge in [0.15, 0.2) is 17.5 Å². The third-order valence-corrected chi connectivity index (χ3v) is 11.7. The van der Waals surface area contributed by atoms with Crippen LogP contribution in [0.5, 0.6) is 0 Å². The van der Waals surface area contributed by atoms with Crippen LogP contribution in [0.3, 0.4) is 0 Å². The number of esters is 1. The summed E-state index contributed by atoms with van der Waals surface area (Å²) in [6.07, 6.45) is 18.9. The molecule has 4 heterocycles. The lowest BCUT2D eigenvalue weighted by Gasteiger charge is -2.50. The average Bonchev–Trinajstić information content (AvgIpc) is 3.60. The van der Waals surface area contributed by atoms with Crippen molar-refractivity contribution >= 4 is 57.9 Å². The number of rotatable bonds is 24. The lowest BCUT2D eigenvalue weighted by atomic mass is 9.91. The molecule has 2 amide bonds. The van der Waals surface area contributed by atoms with Crippen molar-refractivity contribution in [1.29, 1.82) is 0 Å². The summed E-state index contributed by atoms with van der Waals surface area (Å²) >= 11 is 2.13. The molecule has 54 heavy (non-hydrogen) atoms. The lowest BCUT2D eigenvalue weighted by molar-refractivity contribution is -0.789. The van der Waals surface area contributed by atoms with Gasteiger partial charge in [0.25, 0.3) is 11.8 Å². The number of unbranched alkanes of at least 4 members (excludes halogenated alkanes) is 7. The number of nitrogens with two attached hydrogens (primary N) is 1. The molecule has 0 saturated carbocycles. The molecular formula is C38H56N7O7S2+. The first kappa shape index (κ1) is 42.7. The third-order valence-electron chi connectivity index (χ3n) is 9.85. The van der Waals surface area contributed by atoms with E-state index in [0.29, 0.717) is 6.42 Å². The van der Waals surface area contributed by atoms with Crippen LogP contribution >= 0.6 is 23.3 Å². The van der Waals surface area contributed by atoms with Crippen molar-refractivity contribution in [2.45, 2.75) is 135 Å². The highest BCUT2D eigenvalue weighted by Crippen LogP contribution is 2.44. The quantitative estimate of drug-likeness (QED) is 0.0286. The number of hydrogen-bond acceptors (Lipinski definition) is 12. The zero-order valence-electron chi connectivity index (χ0n) is 32.0. The number of thioether (sulfide) groups is 1. The van der Waals surface area contributed by atoms with E-state index < -0.39 is 40.9 Å². The summed E-state index contributed by atoms with van der Waals surface area (Å²) in [5.74, 6) is -2.31. The number of carbonyl (C=O) groups is 4. The minimum atomic E-state index is -1.54. The Morgan fingerprint density at radius 3 is 2.35 bits per heavy atom. The van der Waals surface area contributed by atoms with Crippen LogP contribution in [0.2, 0.25) is 0 Å². The predicted molar refractivity (Wildman–Crippen MR) is 208 cm³/mol. The van der Waals surface area contributed by atoms with E-state index in [1.165, 1.54) is 69.5 Å². The van der Waals surface area contributed by atoms with Gasteiger partial charge in [0, 0.05) is 42.8 Å². The number of carboxylic acids is 1. The summed E-state index contributed by atoms with van der Waals surface area (Å²) in [4.78, 5) is 63.4. The van der Waals surface area contributed by atoms with Gasteiger partial charge in [-0.2, -0.15) is 13.9 Å². The van der Waals surface area contributed by atoms with Crippen LogP contribution in [-0.2, 0) is 34.5 Å². The van der Waals surface area contributed by atoms with Crippen LogP contribution in [0.25, 0.3) is 0 Å². The minimum Gasteiger partial charge on any atom is -0.477 e. The second-order valence-corrected chi connectivity index (χ2v) is 15.7. The fourth-order valence-electron chi connectivity index (χ4n) is 6.97. The maximum Gasteiger partial charge on any atom is 0.353 e. The third kappa shape index (κ3) is 11.0. The Kier molecular flexibility index (Phi) is 16.7. The summed E-state index contributed by atoms with van der Waals surface area (Å²) < 4.78 is 11.8. The number of anilines is 1. The van der Waals surface area contributed by atoms with Crippen molar-refractivity contribution in [2.75, 3.05) is 18.1 Å². The van der Waals surface area contributed by atoms with Gasteiger partial charge in [-0.3, -0.25) is 19.3 Å². The number of nitrogen functional groups attached to an aromatic ring is 1. The highest BCUT2D eigenvalue weighted by atomic mass is 32.2. The number of aromatic nitrogens is 3. The molecule has 2 aromatic rings. The van der Waals surface area contributed by atoms with Gasteiger partial charge in [-0.25, -0.2) is 4.79 Å². The van der Waals surface area contributed by atoms with Crippen LogP contribution in [0.4, 0.5) is 5.13 Å². The molecule has 3 unspecified atom stereocenters. The Hall–Kier alpha value is -4.05. The Labute approximate surface area is 326 Å². The molecule has 0 aliphatic carbocycles. The number of β-lactam (4-membered cyclic amide) rings is 1. The fraction of sp³-hybridized carbons (Fsp3) is 0.632. The highest BCUT2D eigenvalue weighted by molar-refractivity contribution is 8.00. The summed E-state index contributed by atoms with van der Waals surface area (Å²) in [7, 11) is 0. The number of oxime groups is 1. The number of hydrogen-bond donors (Lipinski definition) is 3. The van der Waals surface area contributed by atoms with Gasteiger partial charge in [-0.1, -0.05) is 102 Å². The van der Waals surface area contributed by atoms with E-state index in [2.05, 4.69) is 33.7 Å². The monoisotopic (exact) mass is 786 g/mol. The smallest absolute Gasteiger partial charge is 0.353 e. The molecule has 4 N–H and O–H groups in total. The number of ether oxygens (including phenoxy) is 1. The van der Waals surface area contributed by atoms with Crippen LogP contribution in [-0.4, -0.2) is 72.6 Å². The fourth-order valence-corrected chi connectivity index (χ4v) is 8.89. The number of aliphatic carboxylic acids is 1. The predicted octanol–water partition coefficient (Wildman–Crippen LogP) is 5.92. The van der Waals surface area contributed by atoms with Crippen molar-refractivity contribution < 1.29 is 38.4 Å². The van der Waals surface area contributed by atoms with Crippen LogP contribution in [0.15, 0.2) is 47.0 Å². The van der Waals surface area contributed by atoms with Crippen molar-refractivity contribution in [3.8, 4) is 0 Å². The maximum absolute atomic E-state index is 13.6. The van der Waals surface area contributed by atoms with E-state index >= 15 is 0 Å². The molecule has 2 aliphatic heterocycles. The first-order valence-electron chi connectivity index (χ1n) is 19.3. The van der Waals surface area contributed by atoms with E-state index in [0.717, 1.165) is 41.6 Å². The number of nitrogens with one attached hydrogen (secondary N) is 1. The Bertz CT molecular complexity index is 1640. The molecule has 14 nitrogen and oxygen atoms in total. The van der Waals surface area contributed by atoms with Gasteiger partial charge < -0.3 is 25.7 Å². The SMILES string of the molecule is CCCCC(CCC)CCCCCCCCCC(=O)OC(C)(C1=C(C(=O)O)N2C(=O)C(NC(=O)/C(=N\OCC)c3nsc(N)n3)[C@H]2SC1)[n+]1ccccc1. The van der Waals surface area contributed by atoms with Crippen LogP contribution in [0, 0.1) is 5.92 Å². The van der Waals surface area contributed by atoms with Crippen molar-refractivity contribution in [1.82, 2.24) is 19.6 Å². The first-order chi connectivity index (χ1) is 26.0. The first-order valence-corrected chi connectivity index (χ1v) is 21.1. The van der Waals surface area contributed by atoms with Gasteiger partial charge in [-0.15, -0.1) is 11.8 Å². The van der Waals surface area contributed by atoms with Gasteiger partial charge in [-0.05, 0) is 19.3 Å². The summed E-state index contributed by atoms with van der Waals surface area (Å²) in [6, 6.07) is 4.25. The summed E-state index contributed by atoms with van der Waals surface area (Å²) in [6.45, 7) is 8.03. The lowest BCUT2D eigenvalue weighted by Crippen LogP contribution is -2.72. The second kappa shape index (κ2) is 21.1. The van der Waals surface area contributed by atoms with E-state index in [1.807, 2.05) is 0 Å². The number of carboxylic acid groups (broad SMARTS) is 1. The van der Waals surface area contributed by atoms with E-state index in [9.17, 15) is 24.3 Å². The van der Waals surface area contributed by atoms with E-state index in [1.54, 1.807) is 49.0 Å². The zero-order valence-corrected chi connectivity index (χ0v) is 33.6. The molecule has 16 heteroatoms. The molecular weight excluding hydrogens is 731 g/mol. The molecule has 4 atom stereocenters. The van der Waals surface area contributed by atoms with E-state index in [4.69, 9.17) is 15.3 Å². The summed E-state index contributed by atoms with van der Waals surface area (Å²) in [5, 5.41) is 16.3. The van der Waals surface area contributed by atoms with Crippen molar-refractivity contribution in [3.63, 3.8) is 0 Å². The molecule has 0 aromatic carbocycles. The Balaban J connectivity index is 1.38. The number of nitrogens with zero attached hydrogens (tertiary/aromatic N) is 5. The summed E-state index contributed by atoms with van der Waals surface area (Å²) in [5.41, 5.74) is 3.85. The molecule has 4 rings (SSSR count). The van der Waals surface area contributed by atoms with Crippen molar-refractivity contribution in [3.05, 3.63) is 47.7 Å². The maximum atomic E-state index is 13.6. The molecule has 0 bridgehead atoms. The number of pyridine rings is 1. The number of amides is 2. The highest BCUT2D eigenvalue weighted by Gasteiger charge is 2.59. The van der Waals surface area contributed by atoms with Crippen LogP contribution < -0.4 is 15.6 Å². The van der Waals surface area contributed by atoms with Crippen LogP contribution in [0.1, 0.15) is 123 Å². The topological polar surface area (TPSA) is 190 Å². The Morgan fingerprint density at radius 2 is 1.72 bits per heavy atom. The van der Waals surface area contributed by atoms with E-state index in [-0.39, 0.29) is 46.7 Å². The molecule has 2 aromatic heterocycles. The van der Waals surface area contributed by atoms with Gasteiger partial charge in [0.05, 0.1) is 5.57 Å². The van der Waals surface area contributed by atoms with Crippen molar-refractivity contribution in [2.24, 2.45) is 11.1 Å². The molecule has 0 radical (unpaired) electrons. The molecule has 1 saturated heterocycles.